The zero-order chi connectivity index (χ0) is 12.7. The molecule has 1 aromatic rings. The monoisotopic (exact) mass is 232 g/mol. The molecule has 0 aromatic heterocycles. The van der Waals surface area contributed by atoms with Gasteiger partial charge in [0.05, 0.1) is 11.6 Å². The van der Waals surface area contributed by atoms with E-state index in [1.807, 2.05) is 6.07 Å². The van der Waals surface area contributed by atoms with Gasteiger partial charge in [0.1, 0.15) is 6.54 Å². The quantitative estimate of drug-likeness (QED) is 0.817. The molecule has 1 N–H and O–H groups in total. The Morgan fingerprint density at radius 1 is 1.53 bits per heavy atom. The Kier molecular flexibility index (Phi) is 5.02. The van der Waals surface area contributed by atoms with Crippen LogP contribution in [0.4, 0.5) is 5.69 Å². The molecule has 0 aliphatic heterocycles. The minimum atomic E-state index is -0.858. The molecule has 0 heterocycles. The molecule has 0 fully saturated rings. The minimum absolute atomic E-state index is 0.0329. The molecular weight excluding hydrogens is 216 g/mol. The summed E-state index contributed by atoms with van der Waals surface area (Å²) in [6.07, 6.45) is 1.94. The van der Waals surface area contributed by atoms with Gasteiger partial charge in [-0.05, 0) is 24.6 Å². The number of benzene rings is 1. The van der Waals surface area contributed by atoms with E-state index in [-0.39, 0.29) is 6.54 Å². The molecule has 0 atom stereocenters. The molecule has 0 saturated heterocycles. The van der Waals surface area contributed by atoms with Crippen molar-refractivity contribution in [2.24, 2.45) is 0 Å². The van der Waals surface area contributed by atoms with Crippen LogP contribution in [0, 0.1) is 11.3 Å². The lowest BCUT2D eigenvalue weighted by molar-refractivity contribution is -0.135. The molecule has 4 nitrogen and oxygen atoms in total. The number of aliphatic carboxylic acids is 1. The normalized spacial score (nSPS) is 9.65. The van der Waals surface area contributed by atoms with Crippen molar-refractivity contribution in [1.29, 1.82) is 5.26 Å². The first-order valence-corrected chi connectivity index (χ1v) is 5.64. The molecule has 0 unspecified atom stereocenters. The summed E-state index contributed by atoms with van der Waals surface area (Å²) in [7, 11) is 0. The molecule has 0 amide bonds. The average Bonchev–Trinajstić information content (AvgIpc) is 2.34. The Morgan fingerprint density at radius 2 is 2.29 bits per heavy atom. The van der Waals surface area contributed by atoms with E-state index in [0.717, 1.165) is 18.5 Å². The number of carboxylic acids is 1. The highest BCUT2D eigenvalue weighted by Gasteiger charge is 2.10. The lowest BCUT2D eigenvalue weighted by Crippen LogP contribution is -2.30. The number of carbonyl (C=O) groups is 1. The molecular formula is C13H16N2O2. The predicted octanol–water partition coefficient (Wildman–Crippen LogP) is 2.25. The fraction of sp³-hybridized carbons (Fsp3) is 0.385. The van der Waals surface area contributed by atoms with Crippen molar-refractivity contribution in [3.8, 4) is 6.07 Å². The molecule has 1 rings (SSSR count). The second kappa shape index (κ2) is 6.54. The maximum atomic E-state index is 10.8. The topological polar surface area (TPSA) is 64.3 Å². The fourth-order valence-corrected chi connectivity index (χ4v) is 1.58. The number of unbranched alkanes of at least 4 members (excludes halogenated alkanes) is 1. The van der Waals surface area contributed by atoms with Crippen molar-refractivity contribution in [1.82, 2.24) is 0 Å². The van der Waals surface area contributed by atoms with Crippen LogP contribution in [0.5, 0.6) is 0 Å². The number of nitrogens with zero attached hydrogens (tertiary/aromatic N) is 2. The molecule has 0 saturated carbocycles. The lowest BCUT2D eigenvalue weighted by Gasteiger charge is -2.22. The van der Waals surface area contributed by atoms with Crippen LogP contribution in [0.15, 0.2) is 24.3 Å². The van der Waals surface area contributed by atoms with E-state index in [4.69, 9.17) is 10.4 Å². The number of hydrogen-bond donors (Lipinski definition) is 1. The van der Waals surface area contributed by atoms with Gasteiger partial charge in [0.2, 0.25) is 0 Å². The standard InChI is InChI=1S/C13H16N2O2/c1-2-3-7-15(10-13(16)17)12-6-4-5-11(8-12)9-14/h4-6,8H,2-3,7,10H2,1H3,(H,16,17). The number of nitriles is 1. The number of hydrogen-bond acceptors (Lipinski definition) is 3. The summed E-state index contributed by atoms with van der Waals surface area (Å²) in [4.78, 5) is 12.6. The van der Waals surface area contributed by atoms with Crippen LogP contribution in [0.3, 0.4) is 0 Å². The summed E-state index contributed by atoms with van der Waals surface area (Å²) < 4.78 is 0. The minimum Gasteiger partial charge on any atom is -0.480 e. The maximum absolute atomic E-state index is 10.8. The van der Waals surface area contributed by atoms with Crippen LogP contribution in [-0.4, -0.2) is 24.2 Å². The second-order valence-electron chi connectivity index (χ2n) is 3.83. The molecule has 0 aliphatic carbocycles. The molecule has 0 aliphatic rings. The summed E-state index contributed by atoms with van der Waals surface area (Å²) >= 11 is 0. The smallest absolute Gasteiger partial charge is 0.323 e. The molecule has 0 radical (unpaired) electrons. The van der Waals surface area contributed by atoms with Crippen LogP contribution in [0.25, 0.3) is 0 Å². The van der Waals surface area contributed by atoms with Crippen LogP contribution in [0.1, 0.15) is 25.3 Å². The van der Waals surface area contributed by atoms with E-state index in [2.05, 4.69) is 13.0 Å². The van der Waals surface area contributed by atoms with Gasteiger partial charge in [-0.25, -0.2) is 0 Å². The van der Waals surface area contributed by atoms with Gasteiger partial charge in [-0.15, -0.1) is 0 Å². The second-order valence-corrected chi connectivity index (χ2v) is 3.83. The van der Waals surface area contributed by atoms with Crippen molar-refractivity contribution >= 4 is 11.7 Å². The van der Waals surface area contributed by atoms with E-state index in [9.17, 15) is 4.79 Å². The van der Waals surface area contributed by atoms with Crippen molar-refractivity contribution in [3.05, 3.63) is 29.8 Å². The fourth-order valence-electron chi connectivity index (χ4n) is 1.58. The van der Waals surface area contributed by atoms with Gasteiger partial charge >= 0.3 is 5.97 Å². The summed E-state index contributed by atoms with van der Waals surface area (Å²) in [5.41, 5.74) is 1.34. The Bertz CT molecular complexity index is 424. The van der Waals surface area contributed by atoms with Crippen molar-refractivity contribution in [3.63, 3.8) is 0 Å². The van der Waals surface area contributed by atoms with Crippen molar-refractivity contribution in [2.75, 3.05) is 18.0 Å². The zero-order valence-corrected chi connectivity index (χ0v) is 9.89. The van der Waals surface area contributed by atoms with Gasteiger partial charge < -0.3 is 10.0 Å². The van der Waals surface area contributed by atoms with Crippen LogP contribution >= 0.6 is 0 Å². The Balaban J connectivity index is 2.87. The van der Waals surface area contributed by atoms with E-state index in [1.54, 1.807) is 23.1 Å². The largest absolute Gasteiger partial charge is 0.480 e. The van der Waals surface area contributed by atoms with E-state index < -0.39 is 5.97 Å². The Hall–Kier alpha value is -2.02. The van der Waals surface area contributed by atoms with E-state index in [1.165, 1.54) is 0 Å². The third-order valence-electron chi connectivity index (χ3n) is 2.45. The molecule has 90 valence electrons. The summed E-state index contributed by atoms with van der Waals surface area (Å²) in [5, 5.41) is 17.7. The van der Waals surface area contributed by atoms with Crippen LogP contribution in [0.2, 0.25) is 0 Å². The third kappa shape index (κ3) is 4.15. The molecule has 0 spiro atoms. The summed E-state index contributed by atoms with van der Waals surface area (Å²) in [5.74, 6) is -0.858. The van der Waals surface area contributed by atoms with Crippen LogP contribution < -0.4 is 4.90 Å². The number of carboxylic acid groups (broad SMARTS) is 1. The van der Waals surface area contributed by atoms with Gasteiger partial charge in [0, 0.05) is 12.2 Å². The zero-order valence-electron chi connectivity index (χ0n) is 9.89. The average molecular weight is 232 g/mol. The summed E-state index contributed by atoms with van der Waals surface area (Å²) in [6.45, 7) is 2.72. The SMILES string of the molecule is CCCCN(CC(=O)O)c1cccc(C#N)c1. The van der Waals surface area contributed by atoms with Gasteiger partial charge in [0.25, 0.3) is 0 Å². The molecule has 4 heteroatoms. The third-order valence-corrected chi connectivity index (χ3v) is 2.45. The lowest BCUT2D eigenvalue weighted by atomic mass is 10.2. The van der Waals surface area contributed by atoms with E-state index in [0.29, 0.717) is 12.1 Å². The van der Waals surface area contributed by atoms with Gasteiger partial charge in [-0.2, -0.15) is 5.26 Å². The predicted molar refractivity (Wildman–Crippen MR) is 65.9 cm³/mol. The van der Waals surface area contributed by atoms with Crippen LogP contribution in [-0.2, 0) is 4.79 Å². The van der Waals surface area contributed by atoms with Crippen molar-refractivity contribution < 1.29 is 9.90 Å². The van der Waals surface area contributed by atoms with Gasteiger partial charge in [-0.3, -0.25) is 4.79 Å². The van der Waals surface area contributed by atoms with Crippen molar-refractivity contribution in [2.45, 2.75) is 19.8 Å². The molecule has 1 aromatic carbocycles. The van der Waals surface area contributed by atoms with Gasteiger partial charge in [-0.1, -0.05) is 19.4 Å². The first-order chi connectivity index (χ1) is 8.17. The summed E-state index contributed by atoms with van der Waals surface area (Å²) in [6, 6.07) is 9.09. The highest BCUT2D eigenvalue weighted by atomic mass is 16.4. The molecule has 17 heavy (non-hydrogen) atoms. The Morgan fingerprint density at radius 3 is 2.88 bits per heavy atom. The number of rotatable bonds is 6. The first kappa shape index (κ1) is 13.0. The van der Waals surface area contributed by atoms with E-state index >= 15 is 0 Å². The Labute approximate surface area is 101 Å². The first-order valence-electron chi connectivity index (χ1n) is 5.64. The van der Waals surface area contributed by atoms with Gasteiger partial charge in [0.15, 0.2) is 0 Å². The highest BCUT2D eigenvalue weighted by Crippen LogP contribution is 2.16. The molecule has 0 bridgehead atoms. The highest BCUT2D eigenvalue weighted by molar-refractivity contribution is 5.74. The number of anilines is 1. The maximum Gasteiger partial charge on any atom is 0.323 e.